The zero-order valence-corrected chi connectivity index (χ0v) is 17.0. The largest absolute Gasteiger partial charge is 0.353 e. The van der Waals surface area contributed by atoms with Gasteiger partial charge in [-0.3, -0.25) is 5.10 Å². The standard InChI is InChI=1S/C25H22FN5/c26-17-4-1-3-16(13-17)18-5-2-6-21-19(18)14-23(28-21)25-24-22(30-31-25)8-7-20(29-24)15-9-11-27-12-10-15/h1-8,13-15,27-28H,9-12H2,(H,30,31). The van der Waals surface area contributed by atoms with Crippen molar-refractivity contribution in [3.8, 4) is 22.5 Å². The maximum Gasteiger partial charge on any atom is 0.135 e. The minimum atomic E-state index is -0.238. The second-order valence-electron chi connectivity index (χ2n) is 8.19. The van der Waals surface area contributed by atoms with Gasteiger partial charge in [-0.15, -0.1) is 0 Å². The van der Waals surface area contributed by atoms with Crippen LogP contribution in [0.25, 0.3) is 44.5 Å². The van der Waals surface area contributed by atoms with Crippen molar-refractivity contribution in [2.75, 3.05) is 13.1 Å². The Balaban J connectivity index is 1.47. The highest BCUT2D eigenvalue weighted by molar-refractivity contribution is 6.00. The summed E-state index contributed by atoms with van der Waals surface area (Å²) in [6.45, 7) is 2.07. The highest BCUT2D eigenvalue weighted by atomic mass is 19.1. The van der Waals surface area contributed by atoms with E-state index in [0.717, 1.165) is 76.1 Å². The Labute approximate surface area is 178 Å². The number of fused-ring (bicyclic) bond motifs is 2. The second-order valence-corrected chi connectivity index (χ2v) is 8.19. The molecule has 1 saturated heterocycles. The summed E-state index contributed by atoms with van der Waals surface area (Å²) in [5, 5.41) is 12.1. The Kier molecular flexibility index (Phi) is 4.32. The predicted octanol–water partition coefficient (Wildman–Crippen LogP) is 5.38. The second kappa shape index (κ2) is 7.32. The number of piperidine rings is 1. The number of aromatic amines is 2. The molecule has 1 aliphatic rings. The lowest BCUT2D eigenvalue weighted by Gasteiger charge is -2.22. The molecule has 31 heavy (non-hydrogen) atoms. The van der Waals surface area contributed by atoms with Crippen LogP contribution in [0, 0.1) is 5.82 Å². The molecule has 0 amide bonds. The average Bonchev–Trinajstić information content (AvgIpc) is 3.43. The Morgan fingerprint density at radius 3 is 2.65 bits per heavy atom. The first-order valence-corrected chi connectivity index (χ1v) is 10.7. The molecule has 4 heterocycles. The van der Waals surface area contributed by atoms with Crippen molar-refractivity contribution in [3.63, 3.8) is 0 Å². The van der Waals surface area contributed by atoms with Gasteiger partial charge in [0.25, 0.3) is 0 Å². The molecule has 3 N–H and O–H groups in total. The van der Waals surface area contributed by atoms with Gasteiger partial charge in [0.1, 0.15) is 17.0 Å². The molecule has 6 heteroatoms. The highest BCUT2D eigenvalue weighted by Crippen LogP contribution is 2.34. The van der Waals surface area contributed by atoms with Crippen LogP contribution in [0.5, 0.6) is 0 Å². The number of halogens is 1. The molecule has 0 atom stereocenters. The molecule has 6 rings (SSSR count). The Morgan fingerprint density at radius 1 is 0.903 bits per heavy atom. The number of H-pyrrole nitrogens is 2. The molecule has 2 aromatic carbocycles. The van der Waals surface area contributed by atoms with E-state index in [4.69, 9.17) is 4.98 Å². The quantitative estimate of drug-likeness (QED) is 0.373. The molecule has 0 unspecified atom stereocenters. The number of benzene rings is 2. The third kappa shape index (κ3) is 3.20. The molecular formula is C25H22FN5. The summed E-state index contributed by atoms with van der Waals surface area (Å²) in [4.78, 5) is 8.49. The van der Waals surface area contributed by atoms with E-state index in [0.29, 0.717) is 5.92 Å². The molecule has 5 nitrogen and oxygen atoms in total. The third-order valence-corrected chi connectivity index (χ3v) is 6.24. The van der Waals surface area contributed by atoms with Gasteiger partial charge >= 0.3 is 0 Å². The molecule has 1 fully saturated rings. The van der Waals surface area contributed by atoms with Gasteiger partial charge in [0.05, 0.1) is 11.2 Å². The van der Waals surface area contributed by atoms with Crippen LogP contribution in [0.4, 0.5) is 4.39 Å². The Hall–Kier alpha value is -3.51. The fraction of sp³-hybridized carbons (Fsp3) is 0.200. The highest BCUT2D eigenvalue weighted by Gasteiger charge is 2.19. The van der Waals surface area contributed by atoms with Crippen molar-refractivity contribution in [2.24, 2.45) is 0 Å². The zero-order valence-electron chi connectivity index (χ0n) is 17.0. The first kappa shape index (κ1) is 18.3. The lowest BCUT2D eigenvalue weighted by Crippen LogP contribution is -2.27. The molecular weight excluding hydrogens is 389 g/mol. The van der Waals surface area contributed by atoms with Gasteiger partial charge in [0.2, 0.25) is 0 Å². The lowest BCUT2D eigenvalue weighted by molar-refractivity contribution is 0.454. The van der Waals surface area contributed by atoms with E-state index in [1.54, 1.807) is 12.1 Å². The van der Waals surface area contributed by atoms with Crippen molar-refractivity contribution in [3.05, 3.63) is 72.2 Å². The summed E-state index contributed by atoms with van der Waals surface area (Å²) in [6, 6.07) is 19.0. The Morgan fingerprint density at radius 2 is 1.77 bits per heavy atom. The summed E-state index contributed by atoms with van der Waals surface area (Å²) < 4.78 is 13.8. The van der Waals surface area contributed by atoms with E-state index in [2.05, 4.69) is 38.7 Å². The van der Waals surface area contributed by atoms with E-state index in [9.17, 15) is 4.39 Å². The van der Waals surface area contributed by atoms with Gasteiger partial charge < -0.3 is 10.3 Å². The number of nitrogens with zero attached hydrogens (tertiary/aromatic N) is 2. The van der Waals surface area contributed by atoms with Crippen LogP contribution in [-0.4, -0.2) is 33.3 Å². The van der Waals surface area contributed by atoms with Crippen LogP contribution in [0.2, 0.25) is 0 Å². The normalized spacial score (nSPS) is 15.1. The maximum atomic E-state index is 13.8. The van der Waals surface area contributed by atoms with Gasteiger partial charge in [-0.2, -0.15) is 5.10 Å². The van der Waals surface area contributed by atoms with Gasteiger partial charge in [0, 0.05) is 22.5 Å². The number of nitrogens with one attached hydrogen (secondary N) is 3. The molecule has 3 aromatic heterocycles. The summed E-state index contributed by atoms with van der Waals surface area (Å²) in [7, 11) is 0. The van der Waals surface area contributed by atoms with Crippen LogP contribution in [0.15, 0.2) is 60.7 Å². The number of aromatic nitrogens is 4. The van der Waals surface area contributed by atoms with E-state index in [1.165, 1.54) is 6.07 Å². The van der Waals surface area contributed by atoms with Crippen LogP contribution in [0.1, 0.15) is 24.5 Å². The number of pyridine rings is 1. The SMILES string of the molecule is Fc1cccc(-c2cccc3[nH]c(-c4n[nH]c5ccc(C6CCNCC6)nc45)cc23)c1. The van der Waals surface area contributed by atoms with Gasteiger partial charge in [-0.05, 0) is 73.5 Å². The first-order valence-electron chi connectivity index (χ1n) is 10.7. The number of hydrogen-bond acceptors (Lipinski definition) is 3. The number of rotatable bonds is 3. The van der Waals surface area contributed by atoms with E-state index < -0.39 is 0 Å². The van der Waals surface area contributed by atoms with E-state index >= 15 is 0 Å². The van der Waals surface area contributed by atoms with E-state index in [-0.39, 0.29) is 5.82 Å². The molecule has 0 spiro atoms. The van der Waals surface area contributed by atoms with Crippen molar-refractivity contribution in [1.29, 1.82) is 0 Å². The lowest BCUT2D eigenvalue weighted by atomic mass is 9.94. The zero-order chi connectivity index (χ0) is 20.8. The van der Waals surface area contributed by atoms with Crippen LogP contribution in [-0.2, 0) is 0 Å². The first-order chi connectivity index (χ1) is 15.3. The molecule has 154 valence electrons. The van der Waals surface area contributed by atoms with E-state index in [1.807, 2.05) is 24.3 Å². The fourth-order valence-corrected chi connectivity index (χ4v) is 4.64. The minimum absolute atomic E-state index is 0.238. The fourth-order valence-electron chi connectivity index (χ4n) is 4.64. The molecule has 0 aliphatic carbocycles. The summed E-state index contributed by atoms with van der Waals surface area (Å²) in [5.41, 5.74) is 7.49. The topological polar surface area (TPSA) is 69.4 Å². The maximum absolute atomic E-state index is 13.8. The Bertz CT molecular complexity index is 1390. The average molecular weight is 411 g/mol. The molecule has 0 saturated carbocycles. The van der Waals surface area contributed by atoms with Crippen molar-refractivity contribution in [2.45, 2.75) is 18.8 Å². The number of hydrogen-bond donors (Lipinski definition) is 3. The summed E-state index contributed by atoms with van der Waals surface area (Å²) in [5.74, 6) is 0.244. The minimum Gasteiger partial charge on any atom is -0.353 e. The van der Waals surface area contributed by atoms with Gasteiger partial charge in [-0.1, -0.05) is 24.3 Å². The van der Waals surface area contributed by atoms with Crippen molar-refractivity contribution < 1.29 is 4.39 Å². The monoisotopic (exact) mass is 411 g/mol. The van der Waals surface area contributed by atoms with Crippen LogP contribution < -0.4 is 5.32 Å². The third-order valence-electron chi connectivity index (χ3n) is 6.24. The molecule has 0 radical (unpaired) electrons. The predicted molar refractivity (Wildman–Crippen MR) is 121 cm³/mol. The van der Waals surface area contributed by atoms with Gasteiger partial charge in [-0.25, -0.2) is 9.37 Å². The summed E-state index contributed by atoms with van der Waals surface area (Å²) in [6.07, 6.45) is 2.21. The summed E-state index contributed by atoms with van der Waals surface area (Å²) >= 11 is 0. The molecule has 5 aromatic rings. The molecule has 1 aliphatic heterocycles. The van der Waals surface area contributed by atoms with Crippen molar-refractivity contribution in [1.82, 2.24) is 25.5 Å². The molecule has 0 bridgehead atoms. The van der Waals surface area contributed by atoms with Crippen LogP contribution >= 0.6 is 0 Å². The smallest absolute Gasteiger partial charge is 0.135 e. The van der Waals surface area contributed by atoms with Gasteiger partial charge in [0.15, 0.2) is 0 Å². The van der Waals surface area contributed by atoms with Crippen molar-refractivity contribution >= 4 is 21.9 Å². The van der Waals surface area contributed by atoms with Crippen LogP contribution in [0.3, 0.4) is 0 Å².